The second-order valence-corrected chi connectivity index (χ2v) is 9.36. The topological polar surface area (TPSA) is 101 Å². The quantitative estimate of drug-likeness (QED) is 0.699. The molecule has 0 saturated heterocycles. The average Bonchev–Trinajstić information content (AvgIpc) is 3.62. The van der Waals surface area contributed by atoms with Gasteiger partial charge in [0.2, 0.25) is 0 Å². The van der Waals surface area contributed by atoms with Gasteiger partial charge in [-0.3, -0.25) is 5.10 Å². The van der Waals surface area contributed by atoms with Gasteiger partial charge in [-0.05, 0) is 18.9 Å². The number of aromatic amines is 1. The summed E-state index contributed by atoms with van der Waals surface area (Å²) in [5, 5.41) is 10.1. The molecule has 2 N–H and O–H groups in total. The molecule has 0 aromatic carbocycles. The summed E-state index contributed by atoms with van der Waals surface area (Å²) in [6, 6.07) is 2.00. The largest absolute Gasteiger partial charge is 0.323 e. The highest BCUT2D eigenvalue weighted by Gasteiger charge is 2.33. The van der Waals surface area contributed by atoms with E-state index in [0.717, 1.165) is 16.8 Å². The summed E-state index contributed by atoms with van der Waals surface area (Å²) in [5.41, 5.74) is 2.66. The highest BCUT2D eigenvalue weighted by Crippen LogP contribution is 2.40. The standard InChI is InChI=1S/C20H19N5O2S/c1-2-12-11-21-19(14-5-6-16(9-14)28(26,27)15-7-8-15)23-20(12)22-18-10-17(24-25-18)13-3-4-13/h2,5-8,10-11,13,15H,1,3-4,9H2,(H2,21,22,23,24,25). The lowest BCUT2D eigenvalue weighted by Crippen LogP contribution is -2.10. The fourth-order valence-electron chi connectivity index (χ4n) is 3.20. The van der Waals surface area contributed by atoms with Gasteiger partial charge in [-0.15, -0.1) is 0 Å². The Kier molecular flexibility index (Phi) is 3.83. The number of nitrogens with zero attached hydrogens (tertiary/aromatic N) is 3. The van der Waals surface area contributed by atoms with Crippen LogP contribution in [0, 0.1) is 0 Å². The van der Waals surface area contributed by atoms with Gasteiger partial charge in [0.1, 0.15) is 11.1 Å². The van der Waals surface area contributed by atoms with Gasteiger partial charge in [-0.2, -0.15) is 5.10 Å². The molecule has 0 atom stereocenters. The Hall–Kier alpha value is -3.00. The maximum Gasteiger partial charge on any atom is 0.184 e. The zero-order chi connectivity index (χ0) is 19.3. The summed E-state index contributed by atoms with van der Waals surface area (Å²) >= 11 is 0. The van der Waals surface area contributed by atoms with E-state index in [1.165, 1.54) is 12.8 Å². The van der Waals surface area contributed by atoms with Crippen molar-refractivity contribution in [2.75, 3.05) is 5.32 Å². The minimum atomic E-state index is -3.28. The van der Waals surface area contributed by atoms with Crippen LogP contribution in [0.2, 0.25) is 0 Å². The molecule has 5 rings (SSSR count). The van der Waals surface area contributed by atoms with Crippen LogP contribution in [0.4, 0.5) is 11.6 Å². The number of hydrogen-bond acceptors (Lipinski definition) is 6. The van der Waals surface area contributed by atoms with Crippen LogP contribution >= 0.6 is 0 Å². The Morgan fingerprint density at radius 1 is 1.25 bits per heavy atom. The summed E-state index contributed by atoms with van der Waals surface area (Å²) < 4.78 is 24.8. The van der Waals surface area contributed by atoms with Crippen LogP contribution in [-0.2, 0) is 9.84 Å². The summed E-state index contributed by atoms with van der Waals surface area (Å²) in [5.74, 6) is 2.36. The van der Waals surface area contributed by atoms with E-state index in [1.807, 2.05) is 6.07 Å². The fraction of sp³-hybridized carbons (Fsp3) is 0.250. The molecule has 0 spiro atoms. The van der Waals surface area contributed by atoms with E-state index >= 15 is 0 Å². The second-order valence-electron chi connectivity index (χ2n) is 7.21. The third-order valence-electron chi connectivity index (χ3n) is 5.09. The van der Waals surface area contributed by atoms with Gasteiger partial charge in [0, 0.05) is 46.3 Å². The number of hydrogen-bond donors (Lipinski definition) is 2. The second kappa shape index (κ2) is 6.27. The molecule has 8 heteroatoms. The fourth-order valence-corrected chi connectivity index (χ4v) is 4.66. The maximum absolute atomic E-state index is 12.4. The van der Waals surface area contributed by atoms with Crippen molar-refractivity contribution in [2.45, 2.75) is 30.4 Å². The number of anilines is 2. The minimum Gasteiger partial charge on any atom is -0.323 e. The molecule has 0 radical (unpaired) electrons. The summed E-state index contributed by atoms with van der Waals surface area (Å²) in [4.78, 5) is 9.41. The van der Waals surface area contributed by atoms with Gasteiger partial charge in [-0.25, -0.2) is 18.4 Å². The summed E-state index contributed by atoms with van der Waals surface area (Å²) in [6.45, 7) is 3.82. The van der Waals surface area contributed by atoms with Crippen molar-refractivity contribution in [2.24, 2.45) is 0 Å². The Bertz CT molecular complexity index is 1160. The lowest BCUT2D eigenvalue weighted by Gasteiger charge is -2.10. The lowest BCUT2D eigenvalue weighted by molar-refractivity contribution is 0.602. The zero-order valence-corrected chi connectivity index (χ0v) is 15.9. The Balaban J connectivity index is 1.37. The molecule has 28 heavy (non-hydrogen) atoms. The molecule has 2 aromatic rings. The molecule has 3 aliphatic carbocycles. The molecule has 0 unspecified atom stereocenters. The van der Waals surface area contributed by atoms with Gasteiger partial charge < -0.3 is 5.32 Å². The van der Waals surface area contributed by atoms with Gasteiger partial charge in [0.15, 0.2) is 21.5 Å². The van der Waals surface area contributed by atoms with Crippen molar-refractivity contribution in [1.82, 2.24) is 20.2 Å². The van der Waals surface area contributed by atoms with Gasteiger partial charge in [0.25, 0.3) is 0 Å². The predicted molar refractivity (Wildman–Crippen MR) is 108 cm³/mol. The summed E-state index contributed by atoms with van der Waals surface area (Å²) in [6.07, 6.45) is 12.9. The van der Waals surface area contributed by atoms with Crippen molar-refractivity contribution in [1.29, 1.82) is 0 Å². The third kappa shape index (κ3) is 3.09. The molecule has 1 fully saturated rings. The molecule has 0 aliphatic heterocycles. The van der Waals surface area contributed by atoms with Crippen molar-refractivity contribution in [3.8, 4) is 0 Å². The lowest BCUT2D eigenvalue weighted by atomic mass is 10.2. The van der Waals surface area contributed by atoms with Gasteiger partial charge in [-0.1, -0.05) is 30.9 Å². The molecule has 142 valence electrons. The number of H-pyrrole nitrogens is 1. The van der Waals surface area contributed by atoms with Crippen LogP contribution in [0.15, 0.2) is 48.1 Å². The van der Waals surface area contributed by atoms with E-state index in [4.69, 9.17) is 0 Å². The molecule has 2 heterocycles. The van der Waals surface area contributed by atoms with Crippen molar-refractivity contribution >= 4 is 33.1 Å². The highest BCUT2D eigenvalue weighted by atomic mass is 32.2. The number of nitrogens with one attached hydrogen (secondary N) is 2. The van der Waals surface area contributed by atoms with Crippen LogP contribution < -0.4 is 5.32 Å². The number of rotatable bonds is 7. The van der Waals surface area contributed by atoms with Gasteiger partial charge in [0.05, 0.1) is 0 Å². The Morgan fingerprint density at radius 2 is 2.07 bits per heavy atom. The summed E-state index contributed by atoms with van der Waals surface area (Å²) in [7, 11) is -3.28. The zero-order valence-electron chi connectivity index (χ0n) is 15.1. The average molecular weight is 393 g/mol. The molecule has 7 nitrogen and oxygen atoms in total. The first-order chi connectivity index (χ1) is 13.5. The smallest absolute Gasteiger partial charge is 0.184 e. The van der Waals surface area contributed by atoms with Crippen LogP contribution in [0.1, 0.15) is 42.3 Å². The number of sulfone groups is 1. The van der Waals surface area contributed by atoms with Crippen molar-refractivity contribution in [3.05, 3.63) is 65.1 Å². The molecule has 2 aromatic heterocycles. The number of allylic oxidation sites excluding steroid dienone is 4. The van der Waals surface area contributed by atoms with Crippen LogP contribution in [-0.4, -0.2) is 33.8 Å². The van der Waals surface area contributed by atoms with E-state index in [1.54, 1.807) is 36.6 Å². The molecule has 1 saturated carbocycles. The van der Waals surface area contributed by atoms with Crippen LogP contribution in [0.25, 0.3) is 11.6 Å². The maximum atomic E-state index is 12.4. The molecule has 3 aliphatic rings. The monoisotopic (exact) mass is 393 g/mol. The molecular weight excluding hydrogens is 374 g/mol. The third-order valence-corrected chi connectivity index (χ3v) is 7.14. The highest BCUT2D eigenvalue weighted by molar-refractivity contribution is 7.96. The van der Waals surface area contributed by atoms with Crippen LogP contribution in [0.3, 0.4) is 0 Å². The molecular formula is C20H19N5O2S. The first kappa shape index (κ1) is 17.1. The normalized spacial score (nSPS) is 18.7. The molecule has 0 amide bonds. The molecule has 0 bridgehead atoms. The van der Waals surface area contributed by atoms with Gasteiger partial charge >= 0.3 is 0 Å². The van der Waals surface area contributed by atoms with Crippen LogP contribution in [0.5, 0.6) is 0 Å². The predicted octanol–water partition coefficient (Wildman–Crippen LogP) is 3.49. The Morgan fingerprint density at radius 3 is 2.79 bits per heavy atom. The first-order valence-electron chi connectivity index (χ1n) is 9.19. The Labute approximate surface area is 162 Å². The SMILES string of the molecule is C=Cc1cnc(C2=CC=C(S(=O)(=O)C3C=C3)C2)nc1Nc1cc(C2CC2)[nH]n1. The number of aromatic nitrogens is 4. The first-order valence-corrected chi connectivity index (χ1v) is 10.7. The van der Waals surface area contributed by atoms with E-state index in [2.05, 4.69) is 32.1 Å². The van der Waals surface area contributed by atoms with Crippen molar-refractivity contribution < 1.29 is 8.42 Å². The van der Waals surface area contributed by atoms with E-state index in [0.29, 0.717) is 34.7 Å². The van der Waals surface area contributed by atoms with E-state index < -0.39 is 15.1 Å². The van der Waals surface area contributed by atoms with E-state index in [9.17, 15) is 8.42 Å². The van der Waals surface area contributed by atoms with Crippen molar-refractivity contribution in [3.63, 3.8) is 0 Å². The minimum absolute atomic E-state index is 0.307. The van der Waals surface area contributed by atoms with E-state index in [-0.39, 0.29) is 0 Å².